The molecule has 138 valence electrons. The van der Waals surface area contributed by atoms with Gasteiger partial charge in [0.1, 0.15) is 0 Å². The zero-order valence-electron chi connectivity index (χ0n) is 14.7. The van der Waals surface area contributed by atoms with E-state index in [1.807, 2.05) is 60.7 Å². The number of benzene rings is 2. The summed E-state index contributed by atoms with van der Waals surface area (Å²) in [7, 11) is -3.29. The molecule has 26 heavy (non-hydrogen) atoms. The van der Waals surface area contributed by atoms with Crippen LogP contribution in [-0.2, 0) is 14.8 Å². The Hall–Kier alpha value is -2.18. The van der Waals surface area contributed by atoms with Crippen LogP contribution in [0, 0.1) is 0 Å². The van der Waals surface area contributed by atoms with Crippen LogP contribution >= 0.6 is 0 Å². The van der Waals surface area contributed by atoms with Gasteiger partial charge in [0, 0.05) is 19.6 Å². The lowest BCUT2D eigenvalue weighted by Gasteiger charge is -2.19. The molecule has 5 nitrogen and oxygen atoms in total. The molecular formula is C20H24N2O3S. The van der Waals surface area contributed by atoms with Gasteiger partial charge >= 0.3 is 0 Å². The smallest absolute Gasteiger partial charge is 0.232 e. The molecule has 1 saturated heterocycles. The molecule has 0 radical (unpaired) electrons. The summed E-state index contributed by atoms with van der Waals surface area (Å²) in [5.74, 6) is -0.694. The fraction of sp³-hybridized carbons (Fsp3) is 0.350. The quantitative estimate of drug-likeness (QED) is 0.811. The fourth-order valence-corrected chi connectivity index (χ4v) is 4.72. The number of hydrogen-bond donors (Lipinski definition) is 1. The van der Waals surface area contributed by atoms with E-state index >= 15 is 0 Å². The maximum Gasteiger partial charge on any atom is 0.232 e. The first-order valence-corrected chi connectivity index (χ1v) is 10.5. The molecular weight excluding hydrogens is 348 g/mol. The number of nitrogens with one attached hydrogen (secondary N) is 1. The highest BCUT2D eigenvalue weighted by Crippen LogP contribution is 2.24. The van der Waals surface area contributed by atoms with Crippen LogP contribution in [0.1, 0.15) is 29.9 Å². The molecule has 6 heteroatoms. The molecule has 1 fully saturated rings. The van der Waals surface area contributed by atoms with Gasteiger partial charge in [0.15, 0.2) is 0 Å². The Kier molecular flexibility index (Phi) is 6.06. The van der Waals surface area contributed by atoms with Crippen molar-refractivity contribution in [2.75, 3.05) is 25.4 Å². The monoisotopic (exact) mass is 372 g/mol. The first-order chi connectivity index (χ1) is 12.6. The predicted octanol–water partition coefficient (Wildman–Crippen LogP) is 2.36. The van der Waals surface area contributed by atoms with E-state index in [0.29, 0.717) is 13.1 Å². The predicted molar refractivity (Wildman–Crippen MR) is 102 cm³/mol. The summed E-state index contributed by atoms with van der Waals surface area (Å²) in [6, 6.07) is 19.1. The first kappa shape index (κ1) is 18.6. The average molecular weight is 372 g/mol. The summed E-state index contributed by atoms with van der Waals surface area (Å²) in [5.41, 5.74) is 1.78. The van der Waals surface area contributed by atoms with E-state index in [9.17, 15) is 13.2 Å². The lowest BCUT2D eigenvalue weighted by atomic mass is 9.90. The third kappa shape index (κ3) is 4.51. The van der Waals surface area contributed by atoms with Gasteiger partial charge in [-0.3, -0.25) is 4.79 Å². The van der Waals surface area contributed by atoms with Crippen LogP contribution < -0.4 is 5.32 Å². The van der Waals surface area contributed by atoms with Gasteiger partial charge in [-0.25, -0.2) is 12.7 Å². The van der Waals surface area contributed by atoms with E-state index in [0.717, 1.165) is 24.0 Å². The fourth-order valence-electron chi connectivity index (χ4n) is 3.29. The van der Waals surface area contributed by atoms with E-state index in [-0.39, 0.29) is 18.2 Å². The van der Waals surface area contributed by atoms with Crippen LogP contribution in [-0.4, -0.2) is 44.0 Å². The number of amides is 1. The van der Waals surface area contributed by atoms with Gasteiger partial charge < -0.3 is 5.32 Å². The lowest BCUT2D eigenvalue weighted by Crippen LogP contribution is -2.38. The van der Waals surface area contributed by atoms with Gasteiger partial charge in [-0.15, -0.1) is 0 Å². The number of carbonyl (C=O) groups is 1. The summed E-state index contributed by atoms with van der Waals surface area (Å²) in [5, 5.41) is 2.81. The average Bonchev–Trinajstić information content (AvgIpc) is 3.19. The third-order valence-electron chi connectivity index (χ3n) is 4.65. The van der Waals surface area contributed by atoms with Gasteiger partial charge in [0.25, 0.3) is 0 Å². The van der Waals surface area contributed by atoms with Crippen LogP contribution in [0.5, 0.6) is 0 Å². The van der Waals surface area contributed by atoms with Crippen molar-refractivity contribution in [2.24, 2.45) is 0 Å². The van der Waals surface area contributed by atoms with Crippen molar-refractivity contribution < 1.29 is 13.2 Å². The molecule has 0 bridgehead atoms. The van der Waals surface area contributed by atoms with Crippen LogP contribution in [0.3, 0.4) is 0 Å². The van der Waals surface area contributed by atoms with E-state index < -0.39 is 15.9 Å². The molecule has 0 unspecified atom stereocenters. The normalized spacial score (nSPS) is 15.3. The Bertz CT molecular complexity index is 777. The van der Waals surface area contributed by atoms with Crippen molar-refractivity contribution in [2.45, 2.75) is 18.8 Å². The highest BCUT2D eigenvalue weighted by Gasteiger charge is 2.26. The summed E-state index contributed by atoms with van der Waals surface area (Å²) in [4.78, 5) is 12.8. The van der Waals surface area contributed by atoms with Crippen molar-refractivity contribution in [3.63, 3.8) is 0 Å². The summed E-state index contributed by atoms with van der Waals surface area (Å²) < 4.78 is 26.1. The van der Waals surface area contributed by atoms with Gasteiger partial charge in [0.05, 0.1) is 11.7 Å². The van der Waals surface area contributed by atoms with Crippen molar-refractivity contribution in [1.29, 1.82) is 0 Å². The largest absolute Gasteiger partial charge is 0.354 e. The van der Waals surface area contributed by atoms with Crippen molar-refractivity contribution in [3.8, 4) is 0 Å². The summed E-state index contributed by atoms with van der Waals surface area (Å²) in [6.07, 6.45) is 1.82. The third-order valence-corrected chi connectivity index (χ3v) is 6.52. The Morgan fingerprint density at radius 1 is 0.923 bits per heavy atom. The molecule has 1 amide bonds. The minimum atomic E-state index is -3.29. The Morgan fingerprint density at radius 2 is 1.42 bits per heavy atom. The molecule has 1 heterocycles. The molecule has 2 aromatic rings. The van der Waals surface area contributed by atoms with Gasteiger partial charge in [0.2, 0.25) is 15.9 Å². The minimum Gasteiger partial charge on any atom is -0.354 e. The second kappa shape index (κ2) is 8.47. The van der Waals surface area contributed by atoms with Gasteiger partial charge in [-0.1, -0.05) is 60.7 Å². The van der Waals surface area contributed by atoms with Crippen LogP contribution in [0.4, 0.5) is 0 Å². The second-order valence-electron chi connectivity index (χ2n) is 6.47. The Morgan fingerprint density at radius 3 is 1.92 bits per heavy atom. The maximum absolute atomic E-state index is 12.8. The topological polar surface area (TPSA) is 66.5 Å². The van der Waals surface area contributed by atoms with Crippen molar-refractivity contribution in [3.05, 3.63) is 71.8 Å². The molecule has 0 saturated carbocycles. The molecule has 2 aromatic carbocycles. The SMILES string of the molecule is O=C(NCCS(=O)(=O)N1CCCC1)C(c1ccccc1)c1ccccc1. The first-order valence-electron chi connectivity index (χ1n) is 8.93. The van der Waals surface area contributed by atoms with E-state index in [4.69, 9.17) is 0 Å². The molecule has 0 spiro atoms. The standard InChI is InChI=1S/C20H24N2O3S/c23-20(21-13-16-26(24,25)22-14-7-8-15-22)19(17-9-3-1-4-10-17)18-11-5-2-6-12-18/h1-6,9-12,19H,7-8,13-16H2,(H,21,23). The van der Waals surface area contributed by atoms with Crippen LogP contribution in [0.25, 0.3) is 0 Å². The van der Waals surface area contributed by atoms with E-state index in [1.54, 1.807) is 0 Å². The zero-order valence-corrected chi connectivity index (χ0v) is 15.5. The van der Waals surface area contributed by atoms with Crippen LogP contribution in [0.2, 0.25) is 0 Å². The lowest BCUT2D eigenvalue weighted by molar-refractivity contribution is -0.121. The molecule has 1 aliphatic heterocycles. The highest BCUT2D eigenvalue weighted by atomic mass is 32.2. The molecule has 3 rings (SSSR count). The number of hydrogen-bond acceptors (Lipinski definition) is 3. The second-order valence-corrected chi connectivity index (χ2v) is 8.56. The number of carbonyl (C=O) groups excluding carboxylic acids is 1. The molecule has 0 aromatic heterocycles. The molecule has 1 aliphatic rings. The minimum absolute atomic E-state index is 0.0605. The van der Waals surface area contributed by atoms with E-state index in [1.165, 1.54) is 4.31 Å². The van der Waals surface area contributed by atoms with Gasteiger partial charge in [-0.05, 0) is 24.0 Å². The van der Waals surface area contributed by atoms with Crippen molar-refractivity contribution in [1.82, 2.24) is 9.62 Å². The molecule has 0 aliphatic carbocycles. The van der Waals surface area contributed by atoms with E-state index in [2.05, 4.69) is 5.32 Å². The maximum atomic E-state index is 12.8. The molecule has 1 N–H and O–H groups in total. The Labute approximate surface area is 155 Å². The number of nitrogens with zero attached hydrogens (tertiary/aromatic N) is 1. The van der Waals surface area contributed by atoms with Crippen molar-refractivity contribution >= 4 is 15.9 Å². The number of sulfonamides is 1. The summed E-state index contributed by atoms with van der Waals surface area (Å²) in [6.45, 7) is 1.30. The summed E-state index contributed by atoms with van der Waals surface area (Å²) >= 11 is 0. The van der Waals surface area contributed by atoms with Crippen LogP contribution in [0.15, 0.2) is 60.7 Å². The van der Waals surface area contributed by atoms with Gasteiger partial charge in [-0.2, -0.15) is 0 Å². The number of rotatable bonds is 7. The molecule has 0 atom stereocenters. The zero-order chi connectivity index (χ0) is 18.4. The Balaban J connectivity index is 1.68. The highest BCUT2D eigenvalue weighted by molar-refractivity contribution is 7.89.